The summed E-state index contributed by atoms with van der Waals surface area (Å²) in [6, 6.07) is 3.90. The Morgan fingerprint density at radius 1 is 1.39 bits per heavy atom. The van der Waals surface area contributed by atoms with Crippen LogP contribution in [-0.4, -0.2) is 38.0 Å². The summed E-state index contributed by atoms with van der Waals surface area (Å²) < 4.78 is 23.1. The third-order valence-corrected chi connectivity index (χ3v) is 5.02. The zero-order valence-corrected chi connectivity index (χ0v) is 12.3. The number of aryl methyl sites for hydroxylation is 1. The van der Waals surface area contributed by atoms with E-state index in [1.54, 1.807) is 14.0 Å². The fraction of sp³-hybridized carbons (Fsp3) is 0.615. The van der Waals surface area contributed by atoms with Crippen LogP contribution in [0.5, 0.6) is 0 Å². The number of rotatable bonds is 6. The van der Waals surface area contributed by atoms with Gasteiger partial charge in [0.05, 0.1) is 5.25 Å². The zero-order chi connectivity index (χ0) is 13.8. The molecule has 1 heterocycles. The number of pyridine rings is 1. The highest BCUT2D eigenvalue weighted by Gasteiger charge is 2.25. The van der Waals surface area contributed by atoms with E-state index >= 15 is 0 Å². The average molecular weight is 270 g/mol. The molecule has 2 atom stereocenters. The molecule has 1 aromatic rings. The lowest BCUT2D eigenvalue weighted by Crippen LogP contribution is -2.42. The van der Waals surface area contributed by atoms with Crippen molar-refractivity contribution in [2.24, 2.45) is 0 Å². The van der Waals surface area contributed by atoms with Gasteiger partial charge in [-0.2, -0.15) is 0 Å². The van der Waals surface area contributed by atoms with E-state index in [9.17, 15) is 8.42 Å². The molecule has 2 unspecified atom stereocenters. The van der Waals surface area contributed by atoms with Crippen molar-refractivity contribution in [3.63, 3.8) is 0 Å². The largest absolute Gasteiger partial charge is 0.315 e. The van der Waals surface area contributed by atoms with E-state index in [1.807, 2.05) is 18.3 Å². The number of sulfone groups is 1. The maximum atomic E-state index is 11.6. The molecular formula is C13H22N2O2S. The number of hydrogen-bond acceptors (Lipinski definition) is 4. The Morgan fingerprint density at radius 2 is 2.06 bits per heavy atom. The molecule has 0 aliphatic carbocycles. The summed E-state index contributed by atoms with van der Waals surface area (Å²) in [6.45, 7) is 3.82. The Balaban J connectivity index is 2.79. The van der Waals surface area contributed by atoms with Crippen LogP contribution in [0.4, 0.5) is 0 Å². The van der Waals surface area contributed by atoms with E-state index < -0.39 is 15.1 Å². The topological polar surface area (TPSA) is 59.1 Å². The number of nitrogens with one attached hydrogen (secondary N) is 1. The summed E-state index contributed by atoms with van der Waals surface area (Å²) in [5.41, 5.74) is 2.11. The van der Waals surface area contributed by atoms with Gasteiger partial charge in [-0.25, -0.2) is 8.42 Å². The van der Waals surface area contributed by atoms with Crippen LogP contribution in [0.2, 0.25) is 0 Å². The zero-order valence-electron chi connectivity index (χ0n) is 11.5. The highest BCUT2D eigenvalue weighted by molar-refractivity contribution is 7.91. The summed E-state index contributed by atoms with van der Waals surface area (Å²) in [4.78, 5) is 4.37. The van der Waals surface area contributed by atoms with Crippen molar-refractivity contribution < 1.29 is 8.42 Å². The van der Waals surface area contributed by atoms with E-state index in [4.69, 9.17) is 0 Å². The van der Waals surface area contributed by atoms with Crippen molar-refractivity contribution in [1.29, 1.82) is 0 Å². The number of hydrogen-bond donors (Lipinski definition) is 1. The van der Waals surface area contributed by atoms with Crippen LogP contribution in [0, 0.1) is 0 Å². The summed E-state index contributed by atoms with van der Waals surface area (Å²) in [6.07, 6.45) is 4.71. The summed E-state index contributed by atoms with van der Waals surface area (Å²) in [5.74, 6) is 0. The van der Waals surface area contributed by atoms with E-state index in [1.165, 1.54) is 11.8 Å². The molecule has 0 aromatic carbocycles. The van der Waals surface area contributed by atoms with Crippen molar-refractivity contribution >= 4 is 9.84 Å². The molecule has 0 saturated carbocycles. The molecule has 1 rings (SSSR count). The van der Waals surface area contributed by atoms with E-state index in [2.05, 4.69) is 17.2 Å². The average Bonchev–Trinajstić information content (AvgIpc) is 2.34. The van der Waals surface area contributed by atoms with Crippen LogP contribution in [0.15, 0.2) is 18.3 Å². The third kappa shape index (κ3) is 4.07. The molecule has 0 aliphatic heterocycles. The highest BCUT2D eigenvalue weighted by Crippen LogP contribution is 2.10. The number of aromatic nitrogens is 1. The Labute approximate surface area is 110 Å². The maximum absolute atomic E-state index is 11.6. The van der Waals surface area contributed by atoms with Crippen LogP contribution in [0.1, 0.15) is 25.1 Å². The fourth-order valence-corrected chi connectivity index (χ4v) is 2.64. The Morgan fingerprint density at radius 3 is 2.44 bits per heavy atom. The number of likely N-dealkylation sites (N-methyl/N-ethyl adjacent to an activating group) is 1. The highest BCUT2D eigenvalue weighted by atomic mass is 32.2. The molecule has 4 nitrogen and oxygen atoms in total. The normalized spacial score (nSPS) is 15.3. The van der Waals surface area contributed by atoms with Gasteiger partial charge < -0.3 is 5.32 Å². The van der Waals surface area contributed by atoms with E-state index in [0.29, 0.717) is 6.42 Å². The van der Waals surface area contributed by atoms with Crippen LogP contribution in [-0.2, 0) is 22.7 Å². The Bertz CT molecular complexity index is 468. The van der Waals surface area contributed by atoms with Crippen molar-refractivity contribution in [2.45, 2.75) is 38.0 Å². The quantitative estimate of drug-likeness (QED) is 0.844. The molecule has 0 saturated heterocycles. The lowest BCUT2D eigenvalue weighted by Gasteiger charge is -2.21. The minimum atomic E-state index is -3.04. The summed E-state index contributed by atoms with van der Waals surface area (Å²) in [5, 5.41) is 2.65. The second-order valence-corrected chi connectivity index (χ2v) is 7.05. The molecule has 0 bridgehead atoms. The summed E-state index contributed by atoms with van der Waals surface area (Å²) >= 11 is 0. The molecule has 18 heavy (non-hydrogen) atoms. The first-order chi connectivity index (χ1) is 8.38. The van der Waals surface area contributed by atoms with Crippen LogP contribution >= 0.6 is 0 Å². The molecule has 0 spiro atoms. The minimum Gasteiger partial charge on any atom is -0.315 e. The van der Waals surface area contributed by atoms with Gasteiger partial charge in [0.15, 0.2) is 9.84 Å². The first kappa shape index (κ1) is 15.1. The molecule has 0 amide bonds. The first-order valence-corrected chi connectivity index (χ1v) is 8.13. The van der Waals surface area contributed by atoms with Gasteiger partial charge in [0.2, 0.25) is 0 Å². The van der Waals surface area contributed by atoms with Crippen LogP contribution in [0.3, 0.4) is 0 Å². The molecule has 5 heteroatoms. The van der Waals surface area contributed by atoms with E-state index in [0.717, 1.165) is 12.1 Å². The van der Waals surface area contributed by atoms with Crippen molar-refractivity contribution in [1.82, 2.24) is 10.3 Å². The molecule has 0 fully saturated rings. The molecule has 0 aliphatic rings. The minimum absolute atomic E-state index is 0.111. The van der Waals surface area contributed by atoms with Crippen LogP contribution < -0.4 is 5.32 Å². The van der Waals surface area contributed by atoms with Gasteiger partial charge in [-0.3, -0.25) is 4.98 Å². The first-order valence-electron chi connectivity index (χ1n) is 6.18. The molecule has 1 N–H and O–H groups in total. The maximum Gasteiger partial charge on any atom is 0.151 e. The van der Waals surface area contributed by atoms with Gasteiger partial charge in [0, 0.05) is 30.6 Å². The molecule has 0 radical (unpaired) electrons. The second-order valence-electron chi connectivity index (χ2n) is 4.65. The van der Waals surface area contributed by atoms with Gasteiger partial charge in [0.1, 0.15) is 0 Å². The lowest BCUT2D eigenvalue weighted by atomic mass is 10.1. The summed E-state index contributed by atoms with van der Waals surface area (Å²) in [7, 11) is -1.25. The van der Waals surface area contributed by atoms with Gasteiger partial charge in [0.25, 0.3) is 0 Å². The number of nitrogens with zero attached hydrogens (tertiary/aromatic N) is 1. The monoisotopic (exact) mass is 270 g/mol. The van der Waals surface area contributed by atoms with Gasteiger partial charge in [-0.05, 0) is 32.0 Å². The second kappa shape index (κ2) is 6.29. The Kier molecular flexibility index (Phi) is 5.28. The third-order valence-electron chi connectivity index (χ3n) is 3.34. The fourth-order valence-electron chi connectivity index (χ4n) is 1.81. The van der Waals surface area contributed by atoms with Crippen molar-refractivity contribution in [3.05, 3.63) is 29.6 Å². The smallest absolute Gasteiger partial charge is 0.151 e. The van der Waals surface area contributed by atoms with Gasteiger partial charge in [-0.15, -0.1) is 0 Å². The van der Waals surface area contributed by atoms with Crippen molar-refractivity contribution in [2.75, 3.05) is 13.3 Å². The van der Waals surface area contributed by atoms with Gasteiger partial charge in [-0.1, -0.05) is 13.0 Å². The lowest BCUT2D eigenvalue weighted by molar-refractivity contribution is 0.513. The van der Waals surface area contributed by atoms with Crippen molar-refractivity contribution in [3.8, 4) is 0 Å². The molecule has 1 aromatic heterocycles. The van der Waals surface area contributed by atoms with Gasteiger partial charge >= 0.3 is 0 Å². The molecule has 102 valence electrons. The Hall–Kier alpha value is -0.940. The SMILES string of the molecule is CCc1ccc(CC(NC)C(C)S(C)(=O)=O)nc1. The molecular weight excluding hydrogens is 248 g/mol. The predicted octanol–water partition coefficient (Wildman–Crippen LogP) is 1.21. The van der Waals surface area contributed by atoms with Crippen LogP contribution in [0.25, 0.3) is 0 Å². The standard InChI is InChI=1S/C13H22N2O2S/c1-5-11-6-7-12(15-9-11)8-13(14-3)10(2)18(4,16)17/h6-7,9-10,13-14H,5,8H2,1-4H3. The van der Waals surface area contributed by atoms with E-state index in [-0.39, 0.29) is 6.04 Å². The predicted molar refractivity (Wildman–Crippen MR) is 74.5 cm³/mol.